The van der Waals surface area contributed by atoms with Crippen LogP contribution in [0.4, 0.5) is 4.79 Å². The molecule has 2 aliphatic heterocycles. The van der Waals surface area contributed by atoms with E-state index in [1.807, 2.05) is 0 Å². The molecule has 4 N–H and O–H groups in total. The number of aromatic hydroxyl groups is 1. The molecular weight excluding hydrogens is 502 g/mol. The minimum Gasteiger partial charge on any atom is -0.504 e. The number of methoxy groups -OCH3 is 1. The molecule has 2 aliphatic rings. The predicted molar refractivity (Wildman–Crippen MR) is 127 cm³/mol. The highest BCUT2D eigenvalue weighted by Gasteiger charge is 2.54. The van der Waals surface area contributed by atoms with Crippen LogP contribution in [0.1, 0.15) is 32.4 Å². The second kappa shape index (κ2) is 10.2. The number of phenolic OH excluding ortho intramolecular Hbond substituents is 1. The second-order valence-electron chi connectivity index (χ2n) is 8.80. The van der Waals surface area contributed by atoms with Crippen molar-refractivity contribution in [2.24, 2.45) is 0 Å². The van der Waals surface area contributed by atoms with Gasteiger partial charge in [0.25, 0.3) is 5.91 Å². The van der Waals surface area contributed by atoms with Crippen molar-refractivity contribution in [3.8, 4) is 11.5 Å². The van der Waals surface area contributed by atoms with Gasteiger partial charge in [-0.1, -0.05) is 6.07 Å². The number of benzene rings is 1. The first-order valence-electron chi connectivity index (χ1n) is 10.5. The van der Waals surface area contributed by atoms with Crippen molar-refractivity contribution in [3.63, 3.8) is 0 Å². The van der Waals surface area contributed by atoms with Gasteiger partial charge in [0.2, 0.25) is 5.91 Å². The number of fused-ring (bicyclic) bond motifs is 1. The molecule has 1 saturated heterocycles. The lowest BCUT2D eigenvalue weighted by molar-refractivity contribution is -0.151. The molecule has 190 valence electrons. The molecule has 1 unspecified atom stereocenters. The molecule has 1 aromatic carbocycles. The highest BCUT2D eigenvalue weighted by Crippen LogP contribution is 2.41. The van der Waals surface area contributed by atoms with Crippen LogP contribution in [-0.2, 0) is 19.1 Å². The molecule has 0 aliphatic carbocycles. The number of β-lactam (4-membered cyclic amide) rings is 1. The number of carbonyl (C=O) groups is 4. The number of aliphatic carboxylic acids is 1. The van der Waals surface area contributed by atoms with Crippen molar-refractivity contribution >= 4 is 47.2 Å². The number of nitrogens with one attached hydrogen (secondary N) is 2. The zero-order chi connectivity index (χ0) is 26.1. The molecule has 1 fully saturated rings. The van der Waals surface area contributed by atoms with Crippen LogP contribution < -0.4 is 15.4 Å². The molecule has 0 bridgehead atoms. The molecule has 35 heavy (non-hydrogen) atoms. The number of alkyl carbamates (subject to hydrolysis) is 1. The van der Waals surface area contributed by atoms with E-state index >= 15 is 0 Å². The Hall–Kier alpha value is -3.12. The quantitative estimate of drug-likeness (QED) is 0.307. The summed E-state index contributed by atoms with van der Waals surface area (Å²) in [5.41, 5.74) is -0.329. The van der Waals surface area contributed by atoms with Crippen LogP contribution in [0.3, 0.4) is 0 Å². The highest BCUT2D eigenvalue weighted by molar-refractivity contribution is 8.00. The summed E-state index contributed by atoms with van der Waals surface area (Å²) in [7, 11) is 1.33. The molecule has 0 aromatic heterocycles. The number of rotatable bonds is 7. The van der Waals surface area contributed by atoms with Gasteiger partial charge in [-0.25, -0.2) is 9.59 Å². The SMILES string of the molecule is COc1cc(C(NC(=O)OC(C)(C)C)C(=O)N[C@@H]2C(=O)N3C(C(=O)O)=C(CCl)CS[C@@H]23)ccc1O. The fourth-order valence-electron chi connectivity index (χ4n) is 3.62. The predicted octanol–water partition coefficient (Wildman–Crippen LogP) is 1.94. The molecule has 2 heterocycles. The van der Waals surface area contributed by atoms with Gasteiger partial charge in [0.15, 0.2) is 11.5 Å². The summed E-state index contributed by atoms with van der Waals surface area (Å²) in [6.07, 6.45) is -0.874. The maximum atomic E-state index is 13.3. The number of ether oxygens (including phenoxy) is 2. The number of halogens is 1. The lowest BCUT2D eigenvalue weighted by atomic mass is 10.0. The monoisotopic (exact) mass is 527 g/mol. The summed E-state index contributed by atoms with van der Waals surface area (Å²) in [4.78, 5) is 51.4. The average Bonchev–Trinajstić information content (AvgIpc) is 2.78. The third-order valence-electron chi connectivity index (χ3n) is 5.17. The molecule has 3 atom stereocenters. The van der Waals surface area contributed by atoms with Crippen LogP contribution in [0.15, 0.2) is 29.5 Å². The second-order valence-corrected chi connectivity index (χ2v) is 10.2. The molecule has 13 heteroatoms. The van der Waals surface area contributed by atoms with Gasteiger partial charge in [-0.05, 0) is 44.0 Å². The maximum Gasteiger partial charge on any atom is 0.408 e. The van der Waals surface area contributed by atoms with Crippen molar-refractivity contribution < 1.29 is 38.9 Å². The molecule has 0 radical (unpaired) electrons. The summed E-state index contributed by atoms with van der Waals surface area (Å²) in [6, 6.07) is 1.78. The van der Waals surface area contributed by atoms with Crippen LogP contribution in [0, 0.1) is 0 Å². The third kappa shape index (κ3) is 5.59. The number of phenols is 1. The minimum absolute atomic E-state index is 0.0350. The summed E-state index contributed by atoms with van der Waals surface area (Å²) in [6.45, 7) is 4.99. The van der Waals surface area contributed by atoms with E-state index in [1.165, 1.54) is 37.1 Å². The van der Waals surface area contributed by atoms with Crippen molar-refractivity contribution in [1.29, 1.82) is 0 Å². The van der Waals surface area contributed by atoms with Crippen molar-refractivity contribution in [1.82, 2.24) is 15.5 Å². The third-order valence-corrected chi connectivity index (χ3v) is 6.83. The molecular formula is C22H26ClN3O8S. The van der Waals surface area contributed by atoms with Crippen molar-refractivity contribution in [2.45, 2.75) is 43.8 Å². The number of hydrogen-bond acceptors (Lipinski definition) is 8. The Balaban J connectivity index is 1.85. The van der Waals surface area contributed by atoms with Crippen LogP contribution in [0.5, 0.6) is 11.5 Å². The Labute approximate surface area is 210 Å². The first kappa shape index (κ1) is 26.5. The zero-order valence-corrected chi connectivity index (χ0v) is 21.0. The smallest absolute Gasteiger partial charge is 0.408 e. The van der Waals surface area contributed by atoms with Gasteiger partial charge in [0, 0.05) is 11.6 Å². The van der Waals surface area contributed by atoms with Gasteiger partial charge >= 0.3 is 12.1 Å². The Bertz CT molecular complexity index is 1090. The van der Waals surface area contributed by atoms with Crippen LogP contribution in [0.25, 0.3) is 0 Å². The van der Waals surface area contributed by atoms with Gasteiger partial charge in [0.1, 0.15) is 28.8 Å². The number of thioether (sulfide) groups is 1. The van der Waals surface area contributed by atoms with Gasteiger partial charge < -0.3 is 30.3 Å². The molecule has 1 aromatic rings. The summed E-state index contributed by atoms with van der Waals surface area (Å²) in [5.74, 6) is -2.44. The van der Waals surface area contributed by atoms with E-state index < -0.39 is 46.9 Å². The fourth-order valence-corrected chi connectivity index (χ4v) is 5.30. The highest BCUT2D eigenvalue weighted by atomic mass is 35.5. The lowest BCUT2D eigenvalue weighted by Crippen LogP contribution is -2.71. The number of carbonyl (C=O) groups excluding carboxylic acids is 3. The number of nitrogens with zero attached hydrogens (tertiary/aromatic N) is 1. The van der Waals surface area contributed by atoms with Crippen LogP contribution >= 0.6 is 23.4 Å². The Morgan fingerprint density at radius 1 is 1.31 bits per heavy atom. The number of carboxylic acid groups (broad SMARTS) is 1. The van der Waals surface area contributed by atoms with E-state index in [9.17, 15) is 29.4 Å². The summed E-state index contributed by atoms with van der Waals surface area (Å²) >= 11 is 7.12. The average molecular weight is 528 g/mol. The topological polar surface area (TPSA) is 154 Å². The molecule has 3 rings (SSSR count). The summed E-state index contributed by atoms with van der Waals surface area (Å²) in [5, 5.41) is 23.9. The Morgan fingerprint density at radius 3 is 2.57 bits per heavy atom. The molecule has 0 spiro atoms. The van der Waals surface area contributed by atoms with Crippen LogP contribution in [-0.4, -0.2) is 74.7 Å². The molecule has 11 nitrogen and oxygen atoms in total. The Morgan fingerprint density at radius 2 is 2.00 bits per heavy atom. The lowest BCUT2D eigenvalue weighted by Gasteiger charge is -2.49. The van der Waals surface area contributed by atoms with E-state index in [1.54, 1.807) is 20.8 Å². The summed E-state index contributed by atoms with van der Waals surface area (Å²) < 4.78 is 10.4. The van der Waals surface area contributed by atoms with E-state index in [0.717, 1.165) is 4.90 Å². The first-order valence-corrected chi connectivity index (χ1v) is 12.1. The number of amides is 3. The molecule has 0 saturated carbocycles. The molecule has 3 amide bonds. The van der Waals surface area contributed by atoms with E-state index in [0.29, 0.717) is 11.3 Å². The van der Waals surface area contributed by atoms with Crippen LogP contribution in [0.2, 0.25) is 0 Å². The van der Waals surface area contributed by atoms with E-state index in [2.05, 4.69) is 10.6 Å². The van der Waals surface area contributed by atoms with Crippen molar-refractivity contribution in [2.75, 3.05) is 18.7 Å². The minimum atomic E-state index is -1.30. The van der Waals surface area contributed by atoms with Gasteiger partial charge in [0.05, 0.1) is 7.11 Å². The first-order chi connectivity index (χ1) is 16.4. The van der Waals surface area contributed by atoms with Gasteiger partial charge in [-0.3, -0.25) is 14.5 Å². The number of hydrogen-bond donors (Lipinski definition) is 4. The normalized spacial score (nSPS) is 20.4. The number of carboxylic acids is 1. The van der Waals surface area contributed by atoms with Gasteiger partial charge in [-0.15, -0.1) is 23.4 Å². The Kier molecular flexibility index (Phi) is 7.75. The fraction of sp³-hybridized carbons (Fsp3) is 0.455. The van der Waals surface area contributed by atoms with Crippen molar-refractivity contribution in [3.05, 3.63) is 35.0 Å². The van der Waals surface area contributed by atoms with E-state index in [4.69, 9.17) is 21.1 Å². The largest absolute Gasteiger partial charge is 0.504 e. The van der Waals surface area contributed by atoms with E-state index in [-0.39, 0.29) is 28.6 Å². The maximum absolute atomic E-state index is 13.3. The standard InChI is InChI=1S/C22H26ClN3O8S/c1-22(2,3)34-21(32)25-14(10-5-6-12(27)13(7-10)33-4)17(28)24-15-18(29)26-16(20(30)31)11(8-23)9-35-19(15)26/h5-7,14-15,19,27H,8-9H2,1-4H3,(H,24,28)(H,25,32)(H,30,31)/t14?,15-,19+/m1/s1. The zero-order valence-electron chi connectivity index (χ0n) is 19.5. The van der Waals surface area contributed by atoms with Gasteiger partial charge in [-0.2, -0.15) is 0 Å². The number of alkyl halides is 1.